The van der Waals surface area contributed by atoms with Gasteiger partial charge in [0.05, 0.1) is 11.0 Å². The zero-order valence-corrected chi connectivity index (χ0v) is 9.21. The van der Waals surface area contributed by atoms with Crippen molar-refractivity contribution in [1.82, 2.24) is 15.2 Å². The zero-order valence-electron chi connectivity index (χ0n) is 9.21. The second-order valence-electron chi connectivity index (χ2n) is 4.59. The fourth-order valence-electron chi connectivity index (χ4n) is 2.70. The van der Waals surface area contributed by atoms with E-state index in [0.717, 1.165) is 40.2 Å². The van der Waals surface area contributed by atoms with E-state index in [9.17, 15) is 4.79 Å². The molecule has 3 aromatic rings. The molecule has 1 aromatic carbocycles. The Kier molecular flexibility index (Phi) is 1.57. The van der Waals surface area contributed by atoms with Crippen molar-refractivity contribution in [2.45, 2.75) is 19.3 Å². The maximum atomic E-state index is 11.8. The molecule has 2 aromatic heterocycles. The minimum absolute atomic E-state index is 0.192. The van der Waals surface area contributed by atoms with E-state index >= 15 is 0 Å². The summed E-state index contributed by atoms with van der Waals surface area (Å²) >= 11 is 0. The van der Waals surface area contributed by atoms with Crippen LogP contribution in [0.5, 0.6) is 0 Å². The highest BCUT2D eigenvalue weighted by Gasteiger charge is 2.23. The van der Waals surface area contributed by atoms with Crippen molar-refractivity contribution in [1.29, 1.82) is 0 Å². The number of Topliss-reactive ketones (excluding diaryl/α,β-unsaturated/α-hetero) is 1. The molecule has 0 spiro atoms. The normalized spacial score (nSPS) is 15.6. The van der Waals surface area contributed by atoms with E-state index < -0.39 is 0 Å². The first kappa shape index (κ1) is 8.98. The molecule has 0 saturated carbocycles. The number of carbonyl (C=O) groups is 1. The fourth-order valence-corrected chi connectivity index (χ4v) is 2.70. The molecule has 4 heteroatoms. The summed E-state index contributed by atoms with van der Waals surface area (Å²) in [7, 11) is 0. The number of hydrogen-bond donors (Lipinski definition) is 2. The molecule has 1 aliphatic carbocycles. The highest BCUT2D eigenvalue weighted by Crippen LogP contribution is 2.31. The van der Waals surface area contributed by atoms with Gasteiger partial charge in [-0.2, -0.15) is 0 Å². The molecule has 0 atom stereocenters. The number of aromatic amines is 2. The van der Waals surface area contributed by atoms with E-state index in [4.69, 9.17) is 0 Å². The van der Waals surface area contributed by atoms with Crippen molar-refractivity contribution < 1.29 is 4.79 Å². The van der Waals surface area contributed by atoms with Crippen molar-refractivity contribution in [2.75, 3.05) is 0 Å². The van der Waals surface area contributed by atoms with Crippen LogP contribution in [0.2, 0.25) is 0 Å². The van der Waals surface area contributed by atoms with Gasteiger partial charge in [0.15, 0.2) is 5.78 Å². The highest BCUT2D eigenvalue weighted by atomic mass is 16.1. The molecule has 0 radical (unpaired) electrons. The molecular formula is C13H11N3O. The van der Waals surface area contributed by atoms with Crippen molar-refractivity contribution >= 4 is 27.6 Å². The van der Waals surface area contributed by atoms with Crippen LogP contribution in [-0.2, 0) is 6.42 Å². The number of ketones is 1. The van der Waals surface area contributed by atoms with Crippen LogP contribution in [0.15, 0.2) is 18.3 Å². The molecule has 0 aliphatic heterocycles. The van der Waals surface area contributed by atoms with E-state index in [2.05, 4.69) is 21.2 Å². The summed E-state index contributed by atoms with van der Waals surface area (Å²) in [5, 5.41) is 8.27. The summed E-state index contributed by atoms with van der Waals surface area (Å²) in [5.74, 6) is 0.192. The molecule has 4 rings (SSSR count). The first-order chi connectivity index (χ1) is 8.33. The van der Waals surface area contributed by atoms with E-state index in [1.54, 1.807) is 0 Å². The number of carbonyl (C=O) groups excluding carboxylic acids is 1. The van der Waals surface area contributed by atoms with Crippen LogP contribution in [0.1, 0.15) is 28.9 Å². The number of hydrogen-bond acceptors (Lipinski definition) is 2. The summed E-state index contributed by atoms with van der Waals surface area (Å²) in [6.07, 6.45) is 4.46. The second-order valence-corrected chi connectivity index (χ2v) is 4.59. The zero-order chi connectivity index (χ0) is 11.4. The Hall–Kier alpha value is -2.10. The number of aryl methyl sites for hydroxylation is 1. The van der Waals surface area contributed by atoms with E-state index in [1.165, 1.54) is 0 Å². The van der Waals surface area contributed by atoms with Crippen molar-refractivity contribution in [3.63, 3.8) is 0 Å². The van der Waals surface area contributed by atoms with Gasteiger partial charge in [-0.15, -0.1) is 0 Å². The van der Waals surface area contributed by atoms with E-state index in [-0.39, 0.29) is 5.78 Å². The standard InChI is InChI=1S/C13H11N3O/c17-12-3-1-2-8-9-5-10-7(6-14-16-10)4-11(9)15-13(8)12/h4-6,14,16H,1-3H2. The monoisotopic (exact) mass is 225 g/mol. The third-order valence-corrected chi connectivity index (χ3v) is 3.54. The number of benzene rings is 1. The smallest absolute Gasteiger partial charge is 0.181 e. The van der Waals surface area contributed by atoms with Gasteiger partial charge >= 0.3 is 0 Å². The van der Waals surface area contributed by atoms with Gasteiger partial charge < -0.3 is 10.2 Å². The lowest BCUT2D eigenvalue weighted by Gasteiger charge is -2.08. The molecule has 4 nitrogen and oxygen atoms in total. The van der Waals surface area contributed by atoms with Gasteiger partial charge in [-0.05, 0) is 30.5 Å². The van der Waals surface area contributed by atoms with Crippen molar-refractivity contribution in [3.05, 3.63) is 29.6 Å². The summed E-state index contributed by atoms with van der Waals surface area (Å²) in [4.78, 5) is 16.3. The summed E-state index contributed by atoms with van der Waals surface area (Å²) < 4.78 is 0. The molecule has 0 amide bonds. The van der Waals surface area contributed by atoms with Crippen LogP contribution in [0.3, 0.4) is 0 Å². The van der Waals surface area contributed by atoms with Gasteiger partial charge in [0, 0.05) is 23.4 Å². The SMILES string of the molecule is O=C1CCCc2c1nc1cc3c[nH][nH]c3cc21. The third-order valence-electron chi connectivity index (χ3n) is 3.54. The Balaban J connectivity index is 2.14. The molecule has 84 valence electrons. The van der Waals surface area contributed by atoms with Crippen molar-refractivity contribution in [3.8, 4) is 0 Å². The van der Waals surface area contributed by atoms with Crippen LogP contribution >= 0.6 is 0 Å². The molecule has 17 heavy (non-hydrogen) atoms. The average Bonchev–Trinajstić information content (AvgIpc) is 2.90. The molecule has 0 unspecified atom stereocenters. The summed E-state index contributed by atoms with van der Waals surface area (Å²) in [6, 6.07) is 4.12. The topological polar surface area (TPSA) is 61.5 Å². The second kappa shape index (κ2) is 2.97. The van der Waals surface area contributed by atoms with Gasteiger partial charge in [-0.3, -0.25) is 4.79 Å². The Labute approximate surface area is 97.0 Å². The molecule has 1 aliphatic rings. The average molecular weight is 225 g/mol. The number of rotatable bonds is 0. The lowest BCUT2D eigenvalue weighted by Crippen LogP contribution is -2.09. The Morgan fingerprint density at radius 3 is 3.12 bits per heavy atom. The lowest BCUT2D eigenvalue weighted by atomic mass is 9.94. The first-order valence-electron chi connectivity index (χ1n) is 5.84. The van der Waals surface area contributed by atoms with Crippen LogP contribution in [0.4, 0.5) is 0 Å². The Bertz CT molecular complexity index is 751. The van der Waals surface area contributed by atoms with Gasteiger partial charge in [-0.25, -0.2) is 4.98 Å². The van der Waals surface area contributed by atoms with Crippen LogP contribution in [0.25, 0.3) is 21.8 Å². The van der Waals surface area contributed by atoms with Crippen LogP contribution in [-0.4, -0.2) is 21.0 Å². The number of fused-ring (bicyclic) bond motifs is 4. The largest absolute Gasteiger partial charge is 0.307 e. The van der Waals surface area contributed by atoms with E-state index in [0.29, 0.717) is 12.1 Å². The highest BCUT2D eigenvalue weighted by molar-refractivity contribution is 6.06. The number of nitrogens with one attached hydrogen (secondary N) is 2. The molecule has 0 fully saturated rings. The molecule has 2 N–H and O–H groups in total. The predicted octanol–water partition coefficient (Wildman–Crippen LogP) is 2.56. The first-order valence-corrected chi connectivity index (χ1v) is 5.84. The van der Waals surface area contributed by atoms with Crippen molar-refractivity contribution in [2.24, 2.45) is 0 Å². The Morgan fingerprint density at radius 2 is 2.18 bits per heavy atom. The van der Waals surface area contributed by atoms with E-state index in [1.807, 2.05) is 12.3 Å². The maximum Gasteiger partial charge on any atom is 0.181 e. The summed E-state index contributed by atoms with van der Waals surface area (Å²) in [6.45, 7) is 0. The summed E-state index contributed by atoms with van der Waals surface area (Å²) in [5.41, 5.74) is 3.83. The minimum atomic E-state index is 0.192. The fraction of sp³-hybridized carbons (Fsp3) is 0.231. The number of nitrogens with zero attached hydrogens (tertiary/aromatic N) is 1. The number of aromatic nitrogens is 3. The maximum absolute atomic E-state index is 11.8. The quantitative estimate of drug-likeness (QED) is 0.617. The molecule has 2 heterocycles. The van der Waals surface area contributed by atoms with Gasteiger partial charge in [0.1, 0.15) is 5.69 Å². The molecule has 0 saturated heterocycles. The predicted molar refractivity (Wildman–Crippen MR) is 65.2 cm³/mol. The van der Waals surface area contributed by atoms with Crippen LogP contribution < -0.4 is 0 Å². The van der Waals surface area contributed by atoms with Crippen LogP contribution in [0, 0.1) is 0 Å². The van der Waals surface area contributed by atoms with Gasteiger partial charge in [0.25, 0.3) is 0 Å². The lowest BCUT2D eigenvalue weighted by molar-refractivity contribution is 0.0968. The Morgan fingerprint density at radius 1 is 1.24 bits per heavy atom. The molecular weight excluding hydrogens is 214 g/mol. The third kappa shape index (κ3) is 1.12. The minimum Gasteiger partial charge on any atom is -0.307 e. The van der Waals surface area contributed by atoms with Gasteiger partial charge in [-0.1, -0.05) is 0 Å². The number of H-pyrrole nitrogens is 2. The van der Waals surface area contributed by atoms with Gasteiger partial charge in [0.2, 0.25) is 0 Å². The molecule has 0 bridgehead atoms.